The predicted molar refractivity (Wildman–Crippen MR) is 177 cm³/mol. The number of benzene rings is 2. The molecule has 1 saturated carbocycles. The first kappa shape index (κ1) is 32.2. The van der Waals surface area contributed by atoms with Gasteiger partial charge >= 0.3 is 6.01 Å². The largest absolute Gasteiger partial charge is 0.463 e. The Morgan fingerprint density at radius 1 is 1.08 bits per heavy atom. The average molecular weight is 660 g/mol. The number of halogens is 3. The molecular formula is C36H40F3N7O2. The van der Waals surface area contributed by atoms with Crippen molar-refractivity contribution in [3.8, 4) is 12.1 Å². The minimum atomic E-state index is -2.64. The van der Waals surface area contributed by atoms with Gasteiger partial charge < -0.3 is 19.4 Å². The Hall–Kier alpha value is -4.37. The van der Waals surface area contributed by atoms with E-state index in [1.807, 2.05) is 4.90 Å². The summed E-state index contributed by atoms with van der Waals surface area (Å²) in [5, 5.41) is 11.9. The highest BCUT2D eigenvalue weighted by Crippen LogP contribution is 2.48. The lowest BCUT2D eigenvalue weighted by atomic mass is 9.99. The number of hydrogen-bond donors (Lipinski definition) is 0. The number of piperazine rings is 1. The van der Waals surface area contributed by atoms with Crippen molar-refractivity contribution in [1.82, 2.24) is 19.8 Å². The number of ether oxygens (including phenoxy) is 1. The summed E-state index contributed by atoms with van der Waals surface area (Å²) in [6.45, 7) is 8.52. The predicted octanol–water partition coefficient (Wildman–Crippen LogP) is 5.42. The summed E-state index contributed by atoms with van der Waals surface area (Å²) >= 11 is 0. The zero-order valence-corrected chi connectivity index (χ0v) is 27.2. The van der Waals surface area contributed by atoms with Gasteiger partial charge in [-0.25, -0.2) is 13.2 Å². The molecule has 9 nitrogen and oxygen atoms in total. The first-order valence-corrected chi connectivity index (χ1v) is 16.7. The summed E-state index contributed by atoms with van der Waals surface area (Å²) in [4.78, 5) is 30.0. The summed E-state index contributed by atoms with van der Waals surface area (Å²) < 4.78 is 48.0. The van der Waals surface area contributed by atoms with Crippen LogP contribution in [0.5, 0.6) is 6.01 Å². The fraction of sp³-hybridized carbons (Fsp3) is 0.500. The molecule has 252 valence electrons. The monoisotopic (exact) mass is 659 g/mol. The Kier molecular flexibility index (Phi) is 8.44. The molecule has 0 spiro atoms. The number of carbonyl (C=O) groups is 1. The molecule has 1 unspecified atom stereocenters. The van der Waals surface area contributed by atoms with Gasteiger partial charge in [-0.2, -0.15) is 15.2 Å². The third kappa shape index (κ3) is 6.40. The fourth-order valence-electron chi connectivity index (χ4n) is 7.60. The molecule has 4 aliphatic rings. The lowest BCUT2D eigenvalue weighted by molar-refractivity contribution is -0.131. The number of nitriles is 1. The molecule has 3 aliphatic heterocycles. The molecule has 0 bridgehead atoms. The molecule has 7 rings (SSSR count). The molecule has 1 amide bonds. The van der Waals surface area contributed by atoms with Crippen molar-refractivity contribution < 1.29 is 22.7 Å². The molecule has 3 aromatic rings. The van der Waals surface area contributed by atoms with E-state index in [2.05, 4.69) is 65.8 Å². The lowest BCUT2D eigenvalue weighted by Gasteiger charge is -2.42. The Bertz CT molecular complexity index is 1780. The first-order valence-electron chi connectivity index (χ1n) is 16.7. The topological polar surface area (TPSA) is 88.8 Å². The number of hydrogen-bond acceptors (Lipinski definition) is 8. The van der Waals surface area contributed by atoms with Crippen molar-refractivity contribution in [2.45, 2.75) is 57.5 Å². The lowest BCUT2D eigenvalue weighted by Crippen LogP contribution is -2.55. The fourth-order valence-corrected chi connectivity index (χ4v) is 7.60. The normalized spacial score (nSPS) is 21.6. The van der Waals surface area contributed by atoms with Gasteiger partial charge in [0.05, 0.1) is 43.9 Å². The first-order chi connectivity index (χ1) is 23.0. The van der Waals surface area contributed by atoms with Gasteiger partial charge in [0.15, 0.2) is 5.83 Å². The molecule has 0 radical (unpaired) electrons. The minimum Gasteiger partial charge on any atom is -0.463 e. The van der Waals surface area contributed by atoms with E-state index in [0.717, 1.165) is 36.3 Å². The number of aryl methyl sites for hydroxylation is 1. The van der Waals surface area contributed by atoms with Gasteiger partial charge in [0.2, 0.25) is 0 Å². The number of aromatic nitrogens is 2. The van der Waals surface area contributed by atoms with E-state index >= 15 is 0 Å². The van der Waals surface area contributed by atoms with Crippen LogP contribution in [0.4, 0.5) is 24.7 Å². The minimum absolute atomic E-state index is 0.0401. The van der Waals surface area contributed by atoms with Crippen LogP contribution in [-0.4, -0.2) is 90.1 Å². The summed E-state index contributed by atoms with van der Waals surface area (Å²) in [5.41, 5.74) is 3.94. The van der Waals surface area contributed by atoms with Gasteiger partial charge in [0, 0.05) is 67.7 Å². The van der Waals surface area contributed by atoms with Gasteiger partial charge in [0.1, 0.15) is 5.82 Å². The van der Waals surface area contributed by atoms with Crippen LogP contribution in [0.15, 0.2) is 48.8 Å². The Morgan fingerprint density at radius 3 is 2.58 bits per heavy atom. The molecule has 4 heterocycles. The second kappa shape index (κ2) is 12.6. The van der Waals surface area contributed by atoms with Gasteiger partial charge in [-0.1, -0.05) is 36.9 Å². The van der Waals surface area contributed by atoms with Crippen LogP contribution in [-0.2, 0) is 17.8 Å². The van der Waals surface area contributed by atoms with Crippen LogP contribution in [0.3, 0.4) is 0 Å². The standard InChI is InChI=1S/C36H40F3N7O2/c1-24-5-3-6-26-7-4-8-30(31(24)26)44-15-10-28-29(20-44)41-34(48-23-35(11-12-35)21-43-16-13-36(38,39)22-43)42-32(28)45-17-18-46(33(47)25(2)37)27(19-45)9-14-40/h3-8,27H,2,9-13,15-23H2,1H3. The Balaban J connectivity index is 1.19. The summed E-state index contributed by atoms with van der Waals surface area (Å²) in [5.74, 6) is -3.79. The van der Waals surface area contributed by atoms with E-state index in [0.29, 0.717) is 51.6 Å². The van der Waals surface area contributed by atoms with E-state index in [9.17, 15) is 23.2 Å². The molecule has 2 saturated heterocycles. The van der Waals surface area contributed by atoms with E-state index in [1.54, 1.807) is 0 Å². The van der Waals surface area contributed by atoms with Gasteiger partial charge in [-0.05, 0) is 43.2 Å². The molecule has 2 aromatic carbocycles. The number of fused-ring (bicyclic) bond motifs is 2. The van der Waals surface area contributed by atoms with Crippen LogP contribution in [0.1, 0.15) is 42.5 Å². The second-order valence-electron chi connectivity index (χ2n) is 13.8. The molecule has 12 heteroatoms. The summed E-state index contributed by atoms with van der Waals surface area (Å²) in [7, 11) is 0. The average Bonchev–Trinajstić information content (AvgIpc) is 3.75. The Labute approximate surface area is 278 Å². The second-order valence-corrected chi connectivity index (χ2v) is 13.8. The van der Waals surface area contributed by atoms with E-state index in [-0.39, 0.29) is 37.4 Å². The zero-order chi connectivity index (χ0) is 33.6. The molecule has 1 atom stereocenters. The van der Waals surface area contributed by atoms with E-state index in [1.165, 1.54) is 21.2 Å². The SMILES string of the molecule is C=C(F)C(=O)N1CCN(c2nc(OCC3(CN4CCC(F)(F)C4)CC3)nc3c2CCN(c2cccc4cccc(C)c24)C3)CC1CC#N. The maximum atomic E-state index is 13.9. The third-order valence-electron chi connectivity index (χ3n) is 10.3. The maximum Gasteiger partial charge on any atom is 0.318 e. The van der Waals surface area contributed by atoms with Crippen molar-refractivity contribution in [3.63, 3.8) is 0 Å². The number of alkyl halides is 2. The molecular weight excluding hydrogens is 619 g/mol. The van der Waals surface area contributed by atoms with Crippen molar-refractivity contribution in [3.05, 3.63) is 65.6 Å². The number of rotatable bonds is 9. The Morgan fingerprint density at radius 2 is 1.88 bits per heavy atom. The molecule has 0 N–H and O–H groups in total. The maximum absolute atomic E-state index is 13.9. The number of anilines is 2. The number of amides is 1. The van der Waals surface area contributed by atoms with Crippen LogP contribution in [0.25, 0.3) is 10.8 Å². The quantitative estimate of drug-likeness (QED) is 0.282. The van der Waals surface area contributed by atoms with E-state index < -0.39 is 23.7 Å². The van der Waals surface area contributed by atoms with Crippen molar-refractivity contribution >= 4 is 28.2 Å². The smallest absolute Gasteiger partial charge is 0.318 e. The van der Waals surface area contributed by atoms with Crippen molar-refractivity contribution in [2.24, 2.45) is 5.41 Å². The van der Waals surface area contributed by atoms with Gasteiger partial charge in [-0.15, -0.1) is 0 Å². The van der Waals surface area contributed by atoms with Crippen LogP contribution in [0.2, 0.25) is 0 Å². The zero-order valence-electron chi connectivity index (χ0n) is 27.2. The number of likely N-dealkylation sites (tertiary alicyclic amines) is 1. The highest BCUT2D eigenvalue weighted by Gasteiger charge is 2.48. The molecule has 3 fully saturated rings. The van der Waals surface area contributed by atoms with Gasteiger partial charge in [-0.3, -0.25) is 9.69 Å². The summed E-state index contributed by atoms with van der Waals surface area (Å²) in [6, 6.07) is 14.5. The molecule has 1 aliphatic carbocycles. The van der Waals surface area contributed by atoms with Crippen LogP contribution >= 0.6 is 0 Å². The third-order valence-corrected chi connectivity index (χ3v) is 10.3. The van der Waals surface area contributed by atoms with Crippen molar-refractivity contribution in [2.75, 3.05) is 62.2 Å². The van der Waals surface area contributed by atoms with Crippen molar-refractivity contribution in [1.29, 1.82) is 5.26 Å². The highest BCUT2D eigenvalue weighted by atomic mass is 19.3. The van der Waals surface area contributed by atoms with Crippen LogP contribution in [0, 0.1) is 23.7 Å². The van der Waals surface area contributed by atoms with E-state index in [4.69, 9.17) is 14.7 Å². The molecule has 1 aromatic heterocycles. The highest BCUT2D eigenvalue weighted by molar-refractivity contribution is 5.97. The number of carbonyl (C=O) groups excluding carboxylic acids is 1. The molecule has 48 heavy (non-hydrogen) atoms. The van der Waals surface area contributed by atoms with Crippen LogP contribution < -0.4 is 14.5 Å². The summed E-state index contributed by atoms with van der Waals surface area (Å²) in [6.07, 6.45) is 2.39. The number of nitrogens with zero attached hydrogens (tertiary/aromatic N) is 7. The van der Waals surface area contributed by atoms with Gasteiger partial charge in [0.25, 0.3) is 11.8 Å².